The second kappa shape index (κ2) is 9.13. The minimum atomic E-state index is -0.0491. The van der Waals surface area contributed by atoms with Gasteiger partial charge in [0.05, 0.1) is 19.0 Å². The highest BCUT2D eigenvalue weighted by Crippen LogP contribution is 1.91. The molecule has 5 heteroatoms. The summed E-state index contributed by atoms with van der Waals surface area (Å²) >= 11 is 0. The molecule has 0 aromatic heterocycles. The Morgan fingerprint density at radius 1 is 1.50 bits per heavy atom. The monoisotopic (exact) mass is 226 g/mol. The highest BCUT2D eigenvalue weighted by Gasteiger charge is 2.05. The first-order valence-corrected chi connectivity index (χ1v) is 5.58. The molecule has 0 bridgehead atoms. The van der Waals surface area contributed by atoms with E-state index in [4.69, 9.17) is 5.26 Å². The van der Waals surface area contributed by atoms with Crippen molar-refractivity contribution < 1.29 is 4.79 Å². The van der Waals surface area contributed by atoms with Crippen LogP contribution in [0.3, 0.4) is 0 Å². The third-order valence-electron chi connectivity index (χ3n) is 2.18. The van der Waals surface area contributed by atoms with E-state index in [0.717, 1.165) is 13.0 Å². The Hall–Kier alpha value is -1.12. The van der Waals surface area contributed by atoms with Crippen LogP contribution >= 0.6 is 0 Å². The maximum atomic E-state index is 11.3. The summed E-state index contributed by atoms with van der Waals surface area (Å²) in [6.07, 6.45) is 1.38. The number of amides is 1. The number of hydrogen-bond donors (Lipinski definition) is 2. The molecule has 0 aliphatic rings. The summed E-state index contributed by atoms with van der Waals surface area (Å²) in [5, 5.41) is 14.1. The summed E-state index contributed by atoms with van der Waals surface area (Å²) in [6, 6.07) is 2.30. The van der Waals surface area contributed by atoms with Crippen LogP contribution in [0.15, 0.2) is 0 Å². The molecule has 1 amide bonds. The molecule has 0 aliphatic carbocycles. The summed E-state index contributed by atoms with van der Waals surface area (Å²) < 4.78 is 0. The predicted molar refractivity (Wildman–Crippen MR) is 63.9 cm³/mol. The Bertz CT molecular complexity index is 235. The molecule has 92 valence electrons. The number of rotatable bonds is 8. The molecule has 0 spiro atoms. The first-order valence-electron chi connectivity index (χ1n) is 5.58. The van der Waals surface area contributed by atoms with Crippen LogP contribution < -0.4 is 10.6 Å². The van der Waals surface area contributed by atoms with Gasteiger partial charge in [0.2, 0.25) is 5.91 Å². The van der Waals surface area contributed by atoms with Crippen LogP contribution in [0.25, 0.3) is 0 Å². The van der Waals surface area contributed by atoms with Gasteiger partial charge in [0.25, 0.3) is 0 Å². The third-order valence-corrected chi connectivity index (χ3v) is 2.18. The molecule has 1 atom stereocenters. The van der Waals surface area contributed by atoms with E-state index < -0.39 is 0 Å². The van der Waals surface area contributed by atoms with Gasteiger partial charge in [0.15, 0.2) is 0 Å². The Balaban J connectivity index is 3.48. The fourth-order valence-electron chi connectivity index (χ4n) is 1.14. The lowest BCUT2D eigenvalue weighted by atomic mass is 10.2. The first kappa shape index (κ1) is 14.9. The van der Waals surface area contributed by atoms with Crippen molar-refractivity contribution in [3.63, 3.8) is 0 Å². The van der Waals surface area contributed by atoms with Gasteiger partial charge in [-0.3, -0.25) is 4.79 Å². The predicted octanol–water partition coefficient (Wildman–Crippen LogP) is -0.0539. The highest BCUT2D eigenvalue weighted by molar-refractivity contribution is 5.77. The lowest BCUT2D eigenvalue weighted by Crippen LogP contribution is -2.39. The maximum Gasteiger partial charge on any atom is 0.233 e. The quantitative estimate of drug-likeness (QED) is 0.569. The van der Waals surface area contributed by atoms with Crippen molar-refractivity contribution >= 4 is 5.91 Å². The lowest BCUT2D eigenvalue weighted by molar-refractivity contribution is -0.120. The van der Waals surface area contributed by atoms with Gasteiger partial charge in [-0.25, -0.2) is 0 Å². The van der Waals surface area contributed by atoms with Crippen molar-refractivity contribution in [3.05, 3.63) is 0 Å². The average molecular weight is 226 g/mol. The fraction of sp³-hybridized carbons (Fsp3) is 0.818. The molecule has 0 rings (SSSR count). The van der Waals surface area contributed by atoms with Gasteiger partial charge in [-0.05, 0) is 34.0 Å². The van der Waals surface area contributed by atoms with Crippen LogP contribution in [0.1, 0.15) is 19.8 Å². The number of nitriles is 1. The summed E-state index contributed by atoms with van der Waals surface area (Å²) in [6.45, 7) is 3.82. The molecule has 0 heterocycles. The lowest BCUT2D eigenvalue weighted by Gasteiger charge is -2.16. The SMILES string of the molecule is CC(CCN(C)C)NCC(=O)NCCC#N. The van der Waals surface area contributed by atoms with Crippen molar-refractivity contribution in [1.29, 1.82) is 5.26 Å². The van der Waals surface area contributed by atoms with E-state index in [1.54, 1.807) is 0 Å². The van der Waals surface area contributed by atoms with Crippen LogP contribution in [0.5, 0.6) is 0 Å². The van der Waals surface area contributed by atoms with Crippen LogP contribution in [-0.4, -0.2) is 50.6 Å². The Labute approximate surface area is 97.8 Å². The molecule has 0 fully saturated rings. The van der Waals surface area contributed by atoms with E-state index in [9.17, 15) is 4.79 Å². The number of hydrogen-bond acceptors (Lipinski definition) is 4. The molecule has 0 aromatic carbocycles. The molecule has 2 N–H and O–H groups in total. The summed E-state index contributed by atoms with van der Waals surface area (Å²) in [7, 11) is 4.06. The smallest absolute Gasteiger partial charge is 0.233 e. The fourth-order valence-corrected chi connectivity index (χ4v) is 1.14. The standard InChI is InChI=1S/C11H22N4O/c1-10(5-8-15(2)3)14-9-11(16)13-7-4-6-12/h10,14H,4-5,7-9H2,1-3H3,(H,13,16). The van der Waals surface area contributed by atoms with Gasteiger partial charge in [-0.1, -0.05) is 0 Å². The van der Waals surface area contributed by atoms with Crippen LogP contribution in [-0.2, 0) is 4.79 Å². The highest BCUT2D eigenvalue weighted by atomic mass is 16.1. The van der Waals surface area contributed by atoms with Crippen molar-refractivity contribution in [2.75, 3.05) is 33.7 Å². The van der Waals surface area contributed by atoms with Crippen molar-refractivity contribution in [3.8, 4) is 6.07 Å². The van der Waals surface area contributed by atoms with E-state index in [-0.39, 0.29) is 5.91 Å². The number of nitrogens with zero attached hydrogens (tertiary/aromatic N) is 2. The number of carbonyl (C=O) groups excluding carboxylic acids is 1. The third kappa shape index (κ3) is 9.44. The topological polar surface area (TPSA) is 68.2 Å². The largest absolute Gasteiger partial charge is 0.354 e. The Kier molecular flexibility index (Phi) is 8.49. The van der Waals surface area contributed by atoms with Crippen LogP contribution in [0, 0.1) is 11.3 Å². The van der Waals surface area contributed by atoms with Gasteiger partial charge in [-0.2, -0.15) is 5.26 Å². The summed E-state index contributed by atoms with van der Waals surface area (Å²) in [5.41, 5.74) is 0. The molecule has 1 unspecified atom stereocenters. The minimum Gasteiger partial charge on any atom is -0.354 e. The minimum absolute atomic E-state index is 0.0491. The molecular formula is C11H22N4O. The molecule has 0 saturated carbocycles. The molecule has 16 heavy (non-hydrogen) atoms. The van der Waals surface area contributed by atoms with Crippen LogP contribution in [0.4, 0.5) is 0 Å². The summed E-state index contributed by atoms with van der Waals surface area (Å²) in [4.78, 5) is 13.4. The molecule has 0 saturated heterocycles. The van der Waals surface area contributed by atoms with E-state index in [0.29, 0.717) is 25.6 Å². The molecule has 0 aliphatic heterocycles. The Morgan fingerprint density at radius 2 is 2.19 bits per heavy atom. The zero-order chi connectivity index (χ0) is 12.4. The second-order valence-electron chi connectivity index (χ2n) is 4.13. The van der Waals surface area contributed by atoms with E-state index >= 15 is 0 Å². The van der Waals surface area contributed by atoms with E-state index in [2.05, 4.69) is 22.5 Å². The zero-order valence-electron chi connectivity index (χ0n) is 10.4. The second-order valence-corrected chi connectivity index (χ2v) is 4.13. The molecule has 0 radical (unpaired) electrons. The normalized spacial score (nSPS) is 12.2. The number of carbonyl (C=O) groups is 1. The van der Waals surface area contributed by atoms with Gasteiger partial charge in [-0.15, -0.1) is 0 Å². The average Bonchev–Trinajstić information content (AvgIpc) is 2.24. The summed E-state index contributed by atoms with van der Waals surface area (Å²) in [5.74, 6) is -0.0491. The molecule has 5 nitrogen and oxygen atoms in total. The van der Waals surface area contributed by atoms with Crippen molar-refractivity contribution in [2.45, 2.75) is 25.8 Å². The van der Waals surface area contributed by atoms with Crippen molar-refractivity contribution in [2.24, 2.45) is 0 Å². The van der Waals surface area contributed by atoms with Crippen molar-refractivity contribution in [1.82, 2.24) is 15.5 Å². The van der Waals surface area contributed by atoms with Crippen LogP contribution in [0.2, 0.25) is 0 Å². The molecule has 0 aromatic rings. The van der Waals surface area contributed by atoms with Gasteiger partial charge in [0.1, 0.15) is 0 Å². The van der Waals surface area contributed by atoms with Gasteiger partial charge < -0.3 is 15.5 Å². The van der Waals surface area contributed by atoms with E-state index in [1.807, 2.05) is 20.2 Å². The maximum absolute atomic E-state index is 11.3. The van der Waals surface area contributed by atoms with Gasteiger partial charge >= 0.3 is 0 Å². The Morgan fingerprint density at radius 3 is 2.75 bits per heavy atom. The molecular weight excluding hydrogens is 204 g/mol. The first-order chi connectivity index (χ1) is 7.56. The number of nitrogens with one attached hydrogen (secondary N) is 2. The van der Waals surface area contributed by atoms with Gasteiger partial charge in [0, 0.05) is 12.6 Å². The zero-order valence-corrected chi connectivity index (χ0v) is 10.4. The van der Waals surface area contributed by atoms with E-state index in [1.165, 1.54) is 0 Å².